The highest BCUT2D eigenvalue weighted by molar-refractivity contribution is 6.00. The maximum absolute atomic E-state index is 15.2. The van der Waals surface area contributed by atoms with Crippen LogP contribution in [0.1, 0.15) is 46.0 Å². The lowest BCUT2D eigenvalue weighted by Crippen LogP contribution is -2.62. The molecule has 0 aliphatic heterocycles. The molecule has 4 rings (SSSR count). The number of allylic oxidation sites excluding steroid dienone is 1. The molecular formula is C20H24F2O3. The molecule has 0 heterocycles. The van der Waals surface area contributed by atoms with Crippen molar-refractivity contribution in [1.29, 1.82) is 0 Å². The van der Waals surface area contributed by atoms with E-state index in [9.17, 15) is 18.8 Å². The van der Waals surface area contributed by atoms with Crippen LogP contribution in [0.4, 0.5) is 8.78 Å². The zero-order valence-electron chi connectivity index (χ0n) is 14.7. The van der Waals surface area contributed by atoms with Gasteiger partial charge < -0.3 is 0 Å². The number of hydrogen-bond acceptors (Lipinski definition) is 3. The Bertz CT molecular complexity index is 701. The minimum Gasteiger partial charge on any atom is -0.300 e. The van der Waals surface area contributed by atoms with E-state index in [0.717, 1.165) is 5.57 Å². The molecule has 0 aromatic rings. The summed E-state index contributed by atoms with van der Waals surface area (Å²) in [5.41, 5.74) is -1.17. The summed E-state index contributed by atoms with van der Waals surface area (Å²) in [5.74, 6) is -2.55. The van der Waals surface area contributed by atoms with Crippen molar-refractivity contribution in [2.45, 2.75) is 58.3 Å². The van der Waals surface area contributed by atoms with E-state index in [1.807, 2.05) is 6.92 Å². The fraction of sp³-hybridized carbons (Fsp3) is 0.750. The average molecular weight is 350 g/mol. The van der Waals surface area contributed by atoms with Gasteiger partial charge in [0.2, 0.25) is 0 Å². The van der Waals surface area contributed by atoms with E-state index in [4.69, 9.17) is 0 Å². The number of carbonyl (C=O) groups excluding carboxylic acids is 3. The molecule has 8 atom stereocenters. The summed E-state index contributed by atoms with van der Waals surface area (Å²) in [6, 6.07) is 0. The van der Waals surface area contributed by atoms with Crippen LogP contribution in [0.5, 0.6) is 0 Å². The van der Waals surface area contributed by atoms with E-state index in [0.29, 0.717) is 25.7 Å². The van der Waals surface area contributed by atoms with Crippen LogP contribution in [-0.2, 0) is 14.4 Å². The zero-order valence-corrected chi connectivity index (χ0v) is 14.7. The van der Waals surface area contributed by atoms with Gasteiger partial charge in [-0.3, -0.25) is 14.4 Å². The predicted octanol–water partition coefficient (Wildman–Crippen LogP) is 3.41. The van der Waals surface area contributed by atoms with Gasteiger partial charge in [-0.1, -0.05) is 19.1 Å². The van der Waals surface area contributed by atoms with Gasteiger partial charge in [0.1, 0.15) is 5.78 Å². The van der Waals surface area contributed by atoms with E-state index in [1.165, 1.54) is 6.92 Å². The molecule has 25 heavy (non-hydrogen) atoms. The molecule has 0 aromatic heterocycles. The molecule has 0 saturated heterocycles. The Balaban J connectivity index is 1.82. The van der Waals surface area contributed by atoms with Crippen LogP contribution in [0.2, 0.25) is 0 Å². The Morgan fingerprint density at radius 3 is 2.48 bits per heavy atom. The first kappa shape index (κ1) is 17.0. The van der Waals surface area contributed by atoms with Gasteiger partial charge in [-0.2, -0.15) is 0 Å². The first-order valence-corrected chi connectivity index (χ1v) is 9.18. The number of fused-ring (bicyclic) bond motifs is 5. The van der Waals surface area contributed by atoms with Gasteiger partial charge in [0.15, 0.2) is 23.9 Å². The first-order chi connectivity index (χ1) is 11.6. The van der Waals surface area contributed by atoms with E-state index in [1.54, 1.807) is 0 Å². The number of hydrogen-bond donors (Lipinski definition) is 0. The molecular weight excluding hydrogens is 326 g/mol. The summed E-state index contributed by atoms with van der Waals surface area (Å²) >= 11 is 0. The largest absolute Gasteiger partial charge is 0.300 e. The van der Waals surface area contributed by atoms with Gasteiger partial charge in [0, 0.05) is 18.8 Å². The van der Waals surface area contributed by atoms with Crippen molar-refractivity contribution in [3.05, 3.63) is 12.2 Å². The number of halogens is 2. The van der Waals surface area contributed by atoms with Crippen molar-refractivity contribution in [2.24, 2.45) is 34.5 Å². The minimum atomic E-state index is -1.95. The molecule has 0 bridgehead atoms. The van der Waals surface area contributed by atoms with Crippen molar-refractivity contribution >= 4 is 17.3 Å². The number of Topliss-reactive ketones (excluding diaryl/α,β-unsaturated/α-hetero) is 3. The van der Waals surface area contributed by atoms with Crippen molar-refractivity contribution in [2.75, 3.05) is 0 Å². The lowest BCUT2D eigenvalue weighted by Gasteiger charge is -2.59. The Morgan fingerprint density at radius 1 is 1.12 bits per heavy atom. The highest BCUT2D eigenvalue weighted by Gasteiger charge is 2.70. The highest BCUT2D eigenvalue weighted by atomic mass is 19.1. The second-order valence-electron chi connectivity index (χ2n) is 9.03. The fourth-order valence-corrected chi connectivity index (χ4v) is 6.57. The highest BCUT2D eigenvalue weighted by Crippen LogP contribution is 2.65. The zero-order chi connectivity index (χ0) is 18.3. The number of alkyl halides is 2. The molecule has 0 N–H and O–H groups in total. The third-order valence-corrected chi connectivity index (χ3v) is 7.95. The Labute approximate surface area is 146 Å². The van der Waals surface area contributed by atoms with Crippen LogP contribution in [0.25, 0.3) is 0 Å². The molecule has 3 nitrogen and oxygen atoms in total. The molecule has 5 heteroatoms. The lowest BCUT2D eigenvalue weighted by atomic mass is 9.43. The lowest BCUT2D eigenvalue weighted by molar-refractivity contribution is -0.168. The predicted molar refractivity (Wildman–Crippen MR) is 87.2 cm³/mol. The smallest absolute Gasteiger partial charge is 0.176 e. The van der Waals surface area contributed by atoms with Gasteiger partial charge >= 0.3 is 0 Å². The van der Waals surface area contributed by atoms with Gasteiger partial charge in [-0.15, -0.1) is 0 Å². The van der Waals surface area contributed by atoms with Crippen LogP contribution >= 0.6 is 0 Å². The molecule has 4 saturated carbocycles. The van der Waals surface area contributed by atoms with E-state index >= 15 is 4.39 Å². The first-order valence-electron chi connectivity index (χ1n) is 9.18. The van der Waals surface area contributed by atoms with E-state index in [-0.39, 0.29) is 24.0 Å². The Kier molecular flexibility index (Phi) is 3.46. The van der Waals surface area contributed by atoms with Crippen molar-refractivity contribution in [3.8, 4) is 0 Å². The Morgan fingerprint density at radius 2 is 1.80 bits per heavy atom. The second-order valence-corrected chi connectivity index (χ2v) is 9.03. The van der Waals surface area contributed by atoms with Crippen LogP contribution in [0.3, 0.4) is 0 Å². The van der Waals surface area contributed by atoms with Gasteiger partial charge in [0.05, 0.1) is 5.41 Å². The maximum atomic E-state index is 15.2. The molecule has 0 aromatic carbocycles. The third-order valence-electron chi connectivity index (χ3n) is 7.95. The van der Waals surface area contributed by atoms with Gasteiger partial charge in [0.25, 0.3) is 0 Å². The van der Waals surface area contributed by atoms with Crippen LogP contribution in [0, 0.1) is 34.5 Å². The van der Waals surface area contributed by atoms with Gasteiger partial charge in [-0.25, -0.2) is 8.78 Å². The summed E-state index contributed by atoms with van der Waals surface area (Å²) < 4.78 is 29.4. The number of rotatable bonds is 0. The van der Waals surface area contributed by atoms with Crippen molar-refractivity contribution in [3.63, 3.8) is 0 Å². The summed E-state index contributed by atoms with van der Waals surface area (Å²) in [4.78, 5) is 37.3. The SMILES string of the molecule is C=C1CC2C(C(=O)C(F)[C@]3(C)C(=O)[C@H](F)CC23)C2(C)CCC(=O)C[C@H]12. The summed E-state index contributed by atoms with van der Waals surface area (Å²) in [6.45, 7) is 7.54. The van der Waals surface area contributed by atoms with Crippen LogP contribution in [0.15, 0.2) is 12.2 Å². The molecule has 0 radical (unpaired) electrons. The number of ketones is 3. The molecule has 0 spiro atoms. The molecule has 4 fully saturated rings. The molecule has 5 unspecified atom stereocenters. The quantitative estimate of drug-likeness (QED) is 0.629. The van der Waals surface area contributed by atoms with E-state index < -0.39 is 46.6 Å². The summed E-state index contributed by atoms with van der Waals surface area (Å²) in [7, 11) is 0. The molecule has 4 aliphatic carbocycles. The topological polar surface area (TPSA) is 51.2 Å². The molecule has 136 valence electrons. The molecule has 4 aliphatic rings. The Hall–Kier alpha value is -1.39. The standard InChI is InChI=1S/C20H24F2O3/c1-9-6-11-13-8-14(21)18(25)20(13,3)17(22)16(24)15(11)19(2)5-4-10(23)7-12(9)19/h11-15,17H,1,4-8H2,2-3H3/t11?,12-,13?,14-,15?,17?,19?,20-/m1/s1. The van der Waals surface area contributed by atoms with E-state index in [2.05, 4.69) is 6.58 Å². The molecule has 0 amide bonds. The average Bonchev–Trinajstić information content (AvgIpc) is 2.79. The normalized spacial score (nSPS) is 52.6. The maximum Gasteiger partial charge on any atom is 0.176 e. The third kappa shape index (κ3) is 1.93. The number of carbonyl (C=O) groups is 3. The fourth-order valence-electron chi connectivity index (χ4n) is 6.57. The van der Waals surface area contributed by atoms with Crippen LogP contribution < -0.4 is 0 Å². The summed E-state index contributed by atoms with van der Waals surface area (Å²) in [6.07, 6.45) is -1.88. The van der Waals surface area contributed by atoms with Crippen molar-refractivity contribution < 1.29 is 23.2 Å². The monoisotopic (exact) mass is 350 g/mol. The van der Waals surface area contributed by atoms with Crippen molar-refractivity contribution in [1.82, 2.24) is 0 Å². The van der Waals surface area contributed by atoms with Crippen LogP contribution in [-0.4, -0.2) is 29.7 Å². The summed E-state index contributed by atoms with van der Waals surface area (Å²) in [5, 5.41) is 0. The second kappa shape index (κ2) is 5.08. The van der Waals surface area contributed by atoms with Gasteiger partial charge in [-0.05, 0) is 49.4 Å². The minimum absolute atomic E-state index is 0.00282.